The fraction of sp³-hybridized carbons (Fsp3) is 0.0800. The Labute approximate surface area is 199 Å². The Morgan fingerprint density at radius 1 is 1.09 bits per heavy atom. The molecule has 8 heteroatoms. The van der Waals surface area contributed by atoms with Crippen LogP contribution in [0.4, 0.5) is 5.69 Å². The zero-order valence-electron chi connectivity index (χ0n) is 17.4. The van der Waals surface area contributed by atoms with Crippen molar-refractivity contribution < 1.29 is 9.90 Å². The number of nitrogens with zero attached hydrogens (tertiary/aromatic N) is 2. The van der Waals surface area contributed by atoms with Crippen molar-refractivity contribution in [3.63, 3.8) is 0 Å². The maximum absolute atomic E-state index is 12.5. The van der Waals surface area contributed by atoms with Crippen molar-refractivity contribution >= 4 is 56.2 Å². The number of hydrogen-bond acceptors (Lipinski definition) is 5. The maximum atomic E-state index is 12.5. The van der Waals surface area contributed by atoms with E-state index in [2.05, 4.69) is 10.3 Å². The number of amides is 1. The number of aliphatic hydroxyl groups is 1. The molecular formula is C25H19ClN4O2S. The number of nitrogens with one attached hydrogen (secondary N) is 2. The third-order valence-electron chi connectivity index (χ3n) is 5.42. The SMILES string of the molecule is N=C1C(c2nc3ccccc3s2)=C(O)CN1c1ccc(C(=O)NCc2ccc(Cl)cc2)cc1. The number of hydrogen-bond donors (Lipinski definition) is 3. The number of aliphatic hydroxyl groups excluding tert-OH is 1. The molecule has 0 spiro atoms. The van der Waals surface area contributed by atoms with Crippen LogP contribution >= 0.6 is 22.9 Å². The van der Waals surface area contributed by atoms with Gasteiger partial charge in [0.25, 0.3) is 5.91 Å². The Kier molecular flexibility index (Phi) is 5.58. The Morgan fingerprint density at radius 3 is 2.55 bits per heavy atom. The molecule has 0 bridgehead atoms. The van der Waals surface area contributed by atoms with Gasteiger partial charge in [-0.25, -0.2) is 4.98 Å². The first-order chi connectivity index (χ1) is 16.0. The number of amidine groups is 1. The molecule has 0 saturated heterocycles. The van der Waals surface area contributed by atoms with Crippen molar-refractivity contribution in [1.29, 1.82) is 5.41 Å². The minimum Gasteiger partial charge on any atom is -0.510 e. The third kappa shape index (κ3) is 4.20. The first-order valence-electron chi connectivity index (χ1n) is 10.3. The molecule has 0 radical (unpaired) electrons. The number of aromatic nitrogens is 1. The van der Waals surface area contributed by atoms with Gasteiger partial charge in [-0.2, -0.15) is 0 Å². The van der Waals surface area contributed by atoms with Crippen LogP contribution in [0.5, 0.6) is 0 Å². The van der Waals surface area contributed by atoms with E-state index in [4.69, 9.17) is 17.0 Å². The lowest BCUT2D eigenvalue weighted by molar-refractivity contribution is 0.0951. The Balaban J connectivity index is 1.28. The van der Waals surface area contributed by atoms with E-state index in [0.29, 0.717) is 27.7 Å². The molecular weight excluding hydrogens is 456 g/mol. The summed E-state index contributed by atoms with van der Waals surface area (Å²) in [6, 6.07) is 22.0. The summed E-state index contributed by atoms with van der Waals surface area (Å²) in [5.74, 6) is 0.111. The molecule has 1 aliphatic rings. The summed E-state index contributed by atoms with van der Waals surface area (Å²) in [5.41, 5.74) is 3.48. The zero-order valence-corrected chi connectivity index (χ0v) is 19.0. The van der Waals surface area contributed by atoms with E-state index in [-0.39, 0.29) is 24.0 Å². The van der Waals surface area contributed by atoms with Crippen molar-refractivity contribution in [1.82, 2.24) is 10.3 Å². The second-order valence-electron chi connectivity index (χ2n) is 7.60. The molecule has 1 amide bonds. The van der Waals surface area contributed by atoms with Gasteiger partial charge < -0.3 is 15.3 Å². The van der Waals surface area contributed by atoms with E-state index in [0.717, 1.165) is 21.5 Å². The van der Waals surface area contributed by atoms with Crippen molar-refractivity contribution in [3.05, 3.63) is 99.7 Å². The molecule has 164 valence electrons. The van der Waals surface area contributed by atoms with E-state index < -0.39 is 0 Å². The van der Waals surface area contributed by atoms with Crippen molar-refractivity contribution in [2.75, 3.05) is 11.4 Å². The normalized spacial score (nSPS) is 13.7. The van der Waals surface area contributed by atoms with Crippen LogP contribution in [0.15, 0.2) is 78.6 Å². The third-order valence-corrected chi connectivity index (χ3v) is 6.72. The Morgan fingerprint density at radius 2 is 1.82 bits per heavy atom. The predicted molar refractivity (Wildman–Crippen MR) is 133 cm³/mol. The number of carbonyl (C=O) groups is 1. The van der Waals surface area contributed by atoms with Gasteiger partial charge in [-0.05, 0) is 54.1 Å². The number of para-hydroxylation sites is 1. The molecule has 6 nitrogen and oxygen atoms in total. The van der Waals surface area contributed by atoms with Crippen LogP contribution in [0.2, 0.25) is 5.02 Å². The second-order valence-corrected chi connectivity index (χ2v) is 9.07. The van der Waals surface area contributed by atoms with E-state index in [1.165, 1.54) is 11.3 Å². The van der Waals surface area contributed by atoms with Crippen molar-refractivity contribution in [2.45, 2.75) is 6.54 Å². The van der Waals surface area contributed by atoms with Crippen molar-refractivity contribution in [2.24, 2.45) is 0 Å². The van der Waals surface area contributed by atoms with E-state index in [9.17, 15) is 9.90 Å². The molecule has 1 aliphatic heterocycles. The number of thiazole rings is 1. The lowest BCUT2D eigenvalue weighted by atomic mass is 10.1. The van der Waals surface area contributed by atoms with Gasteiger partial charge in [0.15, 0.2) is 0 Å². The van der Waals surface area contributed by atoms with Crippen LogP contribution < -0.4 is 10.2 Å². The van der Waals surface area contributed by atoms with Crippen LogP contribution in [0, 0.1) is 5.41 Å². The van der Waals surface area contributed by atoms with E-state index >= 15 is 0 Å². The highest BCUT2D eigenvalue weighted by Gasteiger charge is 2.31. The fourth-order valence-corrected chi connectivity index (χ4v) is 4.84. The van der Waals surface area contributed by atoms with Gasteiger partial charge in [-0.1, -0.05) is 35.9 Å². The molecule has 2 heterocycles. The summed E-state index contributed by atoms with van der Waals surface area (Å²) in [6.07, 6.45) is 0. The summed E-state index contributed by atoms with van der Waals surface area (Å²) in [7, 11) is 0. The lowest BCUT2D eigenvalue weighted by Crippen LogP contribution is -2.26. The number of carbonyl (C=O) groups excluding carboxylic acids is 1. The fourth-order valence-electron chi connectivity index (χ4n) is 3.68. The molecule has 1 aromatic heterocycles. The van der Waals surface area contributed by atoms with Crippen LogP contribution in [0.25, 0.3) is 15.8 Å². The summed E-state index contributed by atoms with van der Waals surface area (Å²) in [4.78, 5) is 18.8. The highest BCUT2D eigenvalue weighted by atomic mass is 35.5. The summed E-state index contributed by atoms with van der Waals surface area (Å²) >= 11 is 7.35. The highest BCUT2D eigenvalue weighted by molar-refractivity contribution is 7.19. The summed E-state index contributed by atoms with van der Waals surface area (Å²) < 4.78 is 1.01. The Hall–Kier alpha value is -3.68. The molecule has 0 atom stereocenters. The largest absolute Gasteiger partial charge is 0.510 e. The van der Waals surface area contributed by atoms with Crippen LogP contribution in [0.1, 0.15) is 20.9 Å². The van der Waals surface area contributed by atoms with Gasteiger partial charge in [0.2, 0.25) is 0 Å². The number of fused-ring (bicyclic) bond motifs is 1. The average molecular weight is 475 g/mol. The Bertz CT molecular complexity index is 1360. The van der Waals surface area contributed by atoms with E-state index in [1.54, 1.807) is 41.3 Å². The molecule has 4 aromatic rings. The van der Waals surface area contributed by atoms with Gasteiger partial charge in [0.1, 0.15) is 16.6 Å². The van der Waals surface area contributed by atoms with E-state index in [1.807, 2.05) is 36.4 Å². The quantitative estimate of drug-likeness (QED) is 0.349. The minimum absolute atomic E-state index is 0.115. The maximum Gasteiger partial charge on any atom is 0.251 e. The smallest absolute Gasteiger partial charge is 0.251 e. The molecule has 0 aliphatic carbocycles. The molecule has 0 fully saturated rings. The zero-order chi connectivity index (χ0) is 22.9. The average Bonchev–Trinajstić information content (AvgIpc) is 3.38. The molecule has 0 unspecified atom stereocenters. The van der Waals surface area contributed by atoms with Crippen molar-refractivity contribution in [3.8, 4) is 0 Å². The van der Waals surface area contributed by atoms with Crippen LogP contribution in [-0.4, -0.2) is 28.4 Å². The lowest BCUT2D eigenvalue weighted by Gasteiger charge is -2.19. The number of anilines is 1. The topological polar surface area (TPSA) is 89.3 Å². The number of rotatable bonds is 5. The standard InChI is InChI=1S/C25H19ClN4O2S/c26-17-9-5-15(6-10-17)13-28-24(32)16-7-11-18(12-8-16)30-14-20(31)22(23(30)27)25-29-19-3-1-2-4-21(19)33-25/h1-12,27,31H,13-14H2,(H,28,32). The first kappa shape index (κ1) is 21.2. The molecule has 3 aromatic carbocycles. The minimum atomic E-state index is -0.191. The predicted octanol–water partition coefficient (Wildman–Crippen LogP) is 5.65. The second kappa shape index (κ2) is 8.69. The van der Waals surface area contributed by atoms with Crippen LogP contribution in [0.3, 0.4) is 0 Å². The molecule has 3 N–H and O–H groups in total. The summed E-state index contributed by atoms with van der Waals surface area (Å²) in [5, 5.41) is 23.4. The summed E-state index contributed by atoms with van der Waals surface area (Å²) in [6.45, 7) is 0.587. The highest BCUT2D eigenvalue weighted by Crippen LogP contribution is 2.35. The van der Waals surface area contributed by atoms with Gasteiger partial charge in [0.05, 0.1) is 22.3 Å². The monoisotopic (exact) mass is 474 g/mol. The molecule has 5 rings (SSSR count). The van der Waals surface area contributed by atoms with Gasteiger partial charge in [-0.15, -0.1) is 11.3 Å². The van der Waals surface area contributed by atoms with Crippen LogP contribution in [-0.2, 0) is 6.54 Å². The number of benzene rings is 3. The molecule has 0 saturated carbocycles. The van der Waals surface area contributed by atoms with Gasteiger partial charge in [-0.3, -0.25) is 10.2 Å². The van der Waals surface area contributed by atoms with Gasteiger partial charge in [0, 0.05) is 22.8 Å². The first-order valence-corrected chi connectivity index (χ1v) is 11.5. The molecule has 33 heavy (non-hydrogen) atoms. The number of halogens is 1. The van der Waals surface area contributed by atoms with Gasteiger partial charge >= 0.3 is 0 Å².